The second-order valence-corrected chi connectivity index (χ2v) is 6.26. The number of amides is 3. The zero-order valence-electron chi connectivity index (χ0n) is 16.7. The lowest BCUT2D eigenvalue weighted by Crippen LogP contribution is -2.43. The first-order chi connectivity index (χ1) is 14.4. The lowest BCUT2D eigenvalue weighted by molar-refractivity contribution is -0.171. The van der Waals surface area contributed by atoms with E-state index >= 15 is 0 Å². The SMILES string of the molecule is CC(=O)NC(N)=S.CCNC(N)=S.N#CCC(=O)NC(N)=S.NC(=S)NC(=O)C(F)(F)F. The van der Waals surface area contributed by atoms with Crippen molar-refractivity contribution in [2.24, 2.45) is 22.9 Å². The van der Waals surface area contributed by atoms with Gasteiger partial charge in [0.25, 0.3) is 0 Å². The van der Waals surface area contributed by atoms with Gasteiger partial charge in [-0.05, 0) is 55.8 Å². The van der Waals surface area contributed by atoms with Crippen molar-refractivity contribution in [1.82, 2.24) is 21.3 Å². The average Bonchev–Trinajstić information content (AvgIpc) is 2.53. The van der Waals surface area contributed by atoms with Gasteiger partial charge in [-0.15, -0.1) is 0 Å². The van der Waals surface area contributed by atoms with Crippen LogP contribution in [0.1, 0.15) is 20.3 Å². The van der Waals surface area contributed by atoms with E-state index in [0.717, 1.165) is 6.54 Å². The third-order valence-electron chi connectivity index (χ3n) is 1.65. The second kappa shape index (κ2) is 21.3. The number of alkyl halides is 3. The molecule has 0 atom stereocenters. The largest absolute Gasteiger partial charge is 0.471 e. The predicted octanol–water partition coefficient (Wildman–Crippen LogP) is -1.63. The number of carbonyl (C=O) groups excluding carboxylic acids is 3. The zero-order valence-corrected chi connectivity index (χ0v) is 19.9. The van der Waals surface area contributed by atoms with Crippen molar-refractivity contribution in [2.45, 2.75) is 26.4 Å². The van der Waals surface area contributed by atoms with E-state index in [2.05, 4.69) is 70.6 Å². The summed E-state index contributed by atoms with van der Waals surface area (Å²) < 4.78 is 33.8. The molecule has 0 aliphatic carbocycles. The number of carbonyl (C=O) groups is 3. The van der Waals surface area contributed by atoms with Gasteiger partial charge in [-0.2, -0.15) is 18.4 Å². The van der Waals surface area contributed by atoms with Crippen molar-refractivity contribution < 1.29 is 27.6 Å². The van der Waals surface area contributed by atoms with Crippen LogP contribution in [0.2, 0.25) is 0 Å². The van der Waals surface area contributed by atoms with Crippen LogP contribution in [-0.4, -0.2) is 50.9 Å². The van der Waals surface area contributed by atoms with Crippen LogP contribution in [0.15, 0.2) is 0 Å². The summed E-state index contributed by atoms with van der Waals surface area (Å²) in [4.78, 5) is 30.2. The Labute approximate surface area is 203 Å². The quantitative estimate of drug-likeness (QED) is 0.185. The molecule has 0 spiro atoms. The number of hydrogen-bond donors (Lipinski definition) is 8. The predicted molar refractivity (Wildman–Crippen MR) is 127 cm³/mol. The number of hydrogen-bond acceptors (Lipinski definition) is 8. The molecule has 0 aromatic carbocycles. The van der Waals surface area contributed by atoms with Gasteiger partial charge < -0.3 is 38.9 Å². The minimum absolute atomic E-state index is 0.0208. The fraction of sp³-hybridized carbons (Fsp3) is 0.385. The molecular weight excluding hydrogens is 515 g/mol. The van der Waals surface area contributed by atoms with Crippen molar-refractivity contribution in [3.05, 3.63) is 0 Å². The molecule has 0 aliphatic rings. The molecule has 0 heterocycles. The molecule has 0 fully saturated rings. The highest BCUT2D eigenvalue weighted by Crippen LogP contribution is 2.13. The number of nitrogens with two attached hydrogens (primary N) is 4. The summed E-state index contributed by atoms with van der Waals surface area (Å²) in [6, 6.07) is 1.65. The maximum absolute atomic E-state index is 11.3. The van der Waals surface area contributed by atoms with Gasteiger partial charge in [0.15, 0.2) is 20.4 Å². The van der Waals surface area contributed by atoms with Crippen LogP contribution in [0.4, 0.5) is 13.2 Å². The van der Waals surface area contributed by atoms with Gasteiger partial charge in [-0.25, -0.2) is 0 Å². The Morgan fingerprint density at radius 3 is 1.41 bits per heavy atom. The van der Waals surface area contributed by atoms with Crippen molar-refractivity contribution in [1.29, 1.82) is 5.26 Å². The van der Waals surface area contributed by atoms with Crippen molar-refractivity contribution in [3.8, 4) is 6.07 Å². The van der Waals surface area contributed by atoms with E-state index in [1.165, 1.54) is 12.2 Å². The number of rotatable bonds is 2. The third kappa shape index (κ3) is 41.4. The molecule has 12 nitrogen and oxygen atoms in total. The van der Waals surface area contributed by atoms with E-state index < -0.39 is 23.1 Å². The molecule has 0 radical (unpaired) electrons. The minimum Gasteiger partial charge on any atom is -0.376 e. The van der Waals surface area contributed by atoms with Crippen molar-refractivity contribution in [2.75, 3.05) is 6.54 Å². The van der Waals surface area contributed by atoms with E-state index in [9.17, 15) is 27.6 Å². The average molecular weight is 538 g/mol. The van der Waals surface area contributed by atoms with Gasteiger partial charge in [-0.1, -0.05) is 0 Å². The smallest absolute Gasteiger partial charge is 0.376 e. The van der Waals surface area contributed by atoms with Gasteiger partial charge in [0, 0.05) is 13.5 Å². The minimum atomic E-state index is -4.93. The van der Waals surface area contributed by atoms with Gasteiger partial charge in [0.1, 0.15) is 6.42 Å². The molecule has 12 N–H and O–H groups in total. The number of halogens is 3. The number of thiocarbonyl (C=S) groups is 4. The van der Waals surface area contributed by atoms with Crippen LogP contribution < -0.4 is 44.2 Å². The summed E-state index contributed by atoms with van der Waals surface area (Å²) in [5.41, 5.74) is 19.4. The molecular formula is C13H22F3N9O3S4. The van der Waals surface area contributed by atoms with Crippen LogP contribution in [0.5, 0.6) is 0 Å². The molecule has 32 heavy (non-hydrogen) atoms. The first-order valence-corrected chi connectivity index (χ1v) is 9.27. The summed E-state index contributed by atoms with van der Waals surface area (Å²) in [6.45, 7) is 4.10. The lowest BCUT2D eigenvalue weighted by atomic mass is 10.4. The lowest BCUT2D eigenvalue weighted by Gasteiger charge is -2.04. The Kier molecular flexibility index (Phi) is 24.2. The van der Waals surface area contributed by atoms with E-state index in [1.807, 2.05) is 6.92 Å². The molecule has 3 amide bonds. The van der Waals surface area contributed by atoms with Crippen molar-refractivity contribution >= 4 is 87.0 Å². The standard InChI is InChI=1S/C4H5N3OS.C3H3F3N2OS.C3H6N2OS.C3H8N2S/c5-2-1-3(8)7-4(6)9;4-3(5,6)1(9)8-2(7)10;1-2(6)5-3(4)7;1-2-5-3(4)6/h1H2,(H3,6,7,8,9);(H3,7,8,9,10);1H3,(H3,4,5,6,7);2H2,1H3,(H3,4,5,6). The Balaban J connectivity index is -0.000000166. The van der Waals surface area contributed by atoms with E-state index in [0.29, 0.717) is 5.11 Å². The molecule has 0 bridgehead atoms. The number of nitriles is 1. The van der Waals surface area contributed by atoms with Crippen LogP contribution >= 0.6 is 48.9 Å². The van der Waals surface area contributed by atoms with Crippen LogP contribution in [-0.2, 0) is 14.4 Å². The highest BCUT2D eigenvalue weighted by molar-refractivity contribution is 7.80. The van der Waals surface area contributed by atoms with Crippen LogP contribution in [0.3, 0.4) is 0 Å². The van der Waals surface area contributed by atoms with Crippen LogP contribution in [0, 0.1) is 11.3 Å². The molecule has 182 valence electrons. The van der Waals surface area contributed by atoms with E-state index in [-0.39, 0.29) is 22.6 Å². The normalized spacial score (nSPS) is 8.50. The Morgan fingerprint density at radius 1 is 0.875 bits per heavy atom. The maximum atomic E-state index is 11.3. The molecule has 0 aliphatic heterocycles. The first kappa shape index (κ1) is 36.4. The second-order valence-electron chi connectivity index (χ2n) is 4.50. The highest BCUT2D eigenvalue weighted by Gasteiger charge is 2.38. The van der Waals surface area contributed by atoms with E-state index in [4.69, 9.17) is 22.5 Å². The maximum Gasteiger partial charge on any atom is 0.471 e. The highest BCUT2D eigenvalue weighted by atomic mass is 32.1. The number of nitrogens with one attached hydrogen (secondary N) is 4. The van der Waals surface area contributed by atoms with Crippen LogP contribution in [0.25, 0.3) is 0 Å². The topological polar surface area (TPSA) is 227 Å². The van der Waals surface area contributed by atoms with Gasteiger partial charge in [0.05, 0.1) is 6.07 Å². The molecule has 0 aromatic rings. The third-order valence-corrected chi connectivity index (χ3v) is 2.10. The summed E-state index contributed by atoms with van der Waals surface area (Å²) in [5.74, 6) is -2.85. The fourth-order valence-electron chi connectivity index (χ4n) is 0.784. The molecule has 19 heteroatoms. The molecule has 0 rings (SSSR count). The zero-order chi connectivity index (χ0) is 26.5. The van der Waals surface area contributed by atoms with Gasteiger partial charge in [-0.3, -0.25) is 19.7 Å². The summed E-state index contributed by atoms with van der Waals surface area (Å²) in [7, 11) is 0. The Morgan fingerprint density at radius 2 is 1.28 bits per heavy atom. The summed E-state index contributed by atoms with van der Waals surface area (Å²) in [6.07, 6.45) is -5.14. The van der Waals surface area contributed by atoms with Gasteiger partial charge >= 0.3 is 12.1 Å². The first-order valence-electron chi connectivity index (χ1n) is 7.64. The van der Waals surface area contributed by atoms with E-state index in [1.54, 1.807) is 6.07 Å². The Bertz CT molecular complexity index is 716. The summed E-state index contributed by atoms with van der Waals surface area (Å²) >= 11 is 17.1. The monoisotopic (exact) mass is 537 g/mol. The molecule has 0 unspecified atom stereocenters. The van der Waals surface area contributed by atoms with Gasteiger partial charge in [0.2, 0.25) is 11.8 Å². The number of nitrogens with zero attached hydrogens (tertiary/aromatic N) is 1. The molecule has 0 saturated carbocycles. The molecule has 0 aromatic heterocycles. The summed E-state index contributed by atoms with van der Waals surface area (Å²) in [5, 5.41) is 15.8. The Hall–Kier alpha value is -2.95. The van der Waals surface area contributed by atoms with Crippen molar-refractivity contribution in [3.63, 3.8) is 0 Å². The molecule has 0 saturated heterocycles. The fourth-order valence-corrected chi connectivity index (χ4v) is 1.28.